The number of rotatable bonds is 5. The Morgan fingerprint density at radius 2 is 1.91 bits per heavy atom. The van der Waals surface area contributed by atoms with Crippen molar-refractivity contribution in [3.63, 3.8) is 0 Å². The maximum atomic E-state index is 9.36. The molecule has 0 radical (unpaired) electrons. The summed E-state index contributed by atoms with van der Waals surface area (Å²) in [5.41, 5.74) is 4.67. The Morgan fingerprint density at radius 3 is 2.56 bits per heavy atom. The Balaban J connectivity index is 1.66. The van der Waals surface area contributed by atoms with Crippen LogP contribution in [0.3, 0.4) is 0 Å². The number of hydrogen-bond donors (Lipinski definition) is 0. The molecule has 0 bridgehead atoms. The van der Waals surface area contributed by atoms with Crippen LogP contribution in [-0.4, -0.2) is 15.4 Å². The second-order valence-corrected chi connectivity index (χ2v) is 17.3. The molecule has 0 spiro atoms. The minimum atomic E-state index is -1.91. The molecule has 0 heterocycles. The Morgan fingerprint density at radius 1 is 1.16 bits per heavy atom. The highest BCUT2D eigenvalue weighted by molar-refractivity contribution is 6.74. The summed E-state index contributed by atoms with van der Waals surface area (Å²) < 4.78 is 12.4. The number of aryl methyl sites for hydroxylation is 1. The van der Waals surface area contributed by atoms with Crippen molar-refractivity contribution in [2.45, 2.75) is 103 Å². The summed E-state index contributed by atoms with van der Waals surface area (Å²) in [5, 5.41) is 9.54. The fraction of sp³-hybridized carbons (Fsp3) is 0.750. The number of fused-ring (bicyclic) bond motifs is 5. The molecule has 0 unspecified atom stereocenters. The lowest BCUT2D eigenvalue weighted by Crippen LogP contribution is -2.44. The summed E-state index contributed by atoms with van der Waals surface area (Å²) in [7, 11) is -0.121. The van der Waals surface area contributed by atoms with E-state index in [2.05, 4.69) is 59.0 Å². The average molecular weight is 454 g/mol. The van der Waals surface area contributed by atoms with E-state index in [1.54, 1.807) is 12.7 Å². The van der Waals surface area contributed by atoms with Gasteiger partial charge in [-0.05, 0) is 109 Å². The van der Waals surface area contributed by atoms with Crippen molar-refractivity contribution in [1.29, 1.82) is 5.26 Å². The van der Waals surface area contributed by atoms with Crippen LogP contribution in [0, 0.1) is 34.5 Å². The molecule has 0 amide bonds. The summed E-state index contributed by atoms with van der Waals surface area (Å²) in [5.74, 6) is 3.87. The first-order chi connectivity index (χ1) is 15.0. The van der Waals surface area contributed by atoms with Gasteiger partial charge in [-0.3, -0.25) is 0 Å². The zero-order valence-electron chi connectivity index (χ0n) is 21.4. The standard InChI is InChI=1S/C28H43NO2Si/c1-27(2,3)32(6,7)31-26-17-19-8-10-23-22(24(19)16-20(26)18-30-5)12-14-28(4)21(13-15-29)9-11-25(23)28/h16-17,21-23,25H,8-14,18H2,1-7H3/t21-,22+,23-,25+,28-/m1/s1. The van der Waals surface area contributed by atoms with Crippen LogP contribution < -0.4 is 4.43 Å². The highest BCUT2D eigenvalue weighted by Crippen LogP contribution is 2.63. The smallest absolute Gasteiger partial charge is 0.250 e. The monoisotopic (exact) mass is 453 g/mol. The third kappa shape index (κ3) is 3.94. The molecule has 32 heavy (non-hydrogen) atoms. The summed E-state index contributed by atoms with van der Waals surface area (Å²) in [6, 6.07) is 7.31. The Hall–Kier alpha value is -1.31. The third-order valence-corrected chi connectivity index (χ3v) is 14.3. The number of ether oxygens (including phenoxy) is 1. The van der Waals surface area contributed by atoms with E-state index in [0.29, 0.717) is 23.9 Å². The fourth-order valence-electron chi connectivity index (χ4n) is 6.99. The summed E-state index contributed by atoms with van der Waals surface area (Å²) in [6.07, 6.45) is 8.30. The summed E-state index contributed by atoms with van der Waals surface area (Å²) >= 11 is 0. The number of nitrogens with zero attached hydrogens (tertiary/aromatic N) is 1. The van der Waals surface area contributed by atoms with Crippen LogP contribution >= 0.6 is 0 Å². The van der Waals surface area contributed by atoms with Gasteiger partial charge in [0.05, 0.1) is 12.7 Å². The summed E-state index contributed by atoms with van der Waals surface area (Å²) in [6.45, 7) is 14.7. The second-order valence-electron chi connectivity index (χ2n) is 12.6. The van der Waals surface area contributed by atoms with Crippen LogP contribution in [0.1, 0.15) is 88.8 Å². The third-order valence-electron chi connectivity index (χ3n) is 9.91. The lowest BCUT2D eigenvalue weighted by molar-refractivity contribution is 0.0296. The minimum Gasteiger partial charge on any atom is -0.543 e. The van der Waals surface area contributed by atoms with Crippen LogP contribution in [0.5, 0.6) is 5.75 Å². The number of nitriles is 1. The Labute approximate surface area is 197 Å². The van der Waals surface area contributed by atoms with Gasteiger partial charge in [0.15, 0.2) is 0 Å². The quantitative estimate of drug-likeness (QED) is 0.431. The van der Waals surface area contributed by atoms with Gasteiger partial charge in [-0.1, -0.05) is 27.7 Å². The number of methoxy groups -OCH3 is 1. The molecule has 5 atom stereocenters. The number of benzene rings is 1. The molecule has 3 aliphatic carbocycles. The summed E-state index contributed by atoms with van der Waals surface area (Å²) in [4.78, 5) is 0. The molecule has 0 aromatic heterocycles. The van der Waals surface area contributed by atoms with Crippen molar-refractivity contribution in [3.05, 3.63) is 28.8 Å². The first kappa shape index (κ1) is 23.8. The number of hydrogen-bond acceptors (Lipinski definition) is 3. The van der Waals surface area contributed by atoms with Gasteiger partial charge in [0.1, 0.15) is 5.75 Å². The van der Waals surface area contributed by atoms with Gasteiger partial charge >= 0.3 is 0 Å². The van der Waals surface area contributed by atoms with E-state index < -0.39 is 8.32 Å². The van der Waals surface area contributed by atoms with Gasteiger partial charge in [-0.25, -0.2) is 0 Å². The van der Waals surface area contributed by atoms with E-state index in [9.17, 15) is 5.26 Å². The SMILES string of the molecule is COCc1cc2c(cc1O[Si](C)(C)C(C)(C)C)CC[C@@H]1[C@@H]2CC[C@]2(C)[C@@H](CC#N)CC[C@@H]12. The van der Waals surface area contributed by atoms with Gasteiger partial charge in [-0.15, -0.1) is 0 Å². The molecule has 176 valence electrons. The first-order valence-electron chi connectivity index (χ1n) is 12.7. The van der Waals surface area contributed by atoms with Crippen molar-refractivity contribution >= 4 is 8.32 Å². The Kier molecular flexibility index (Phi) is 6.31. The van der Waals surface area contributed by atoms with Crippen molar-refractivity contribution < 1.29 is 9.16 Å². The molecular formula is C28H43NO2Si. The van der Waals surface area contributed by atoms with Crippen LogP contribution in [0.2, 0.25) is 18.1 Å². The van der Waals surface area contributed by atoms with Crippen LogP contribution in [0.15, 0.2) is 12.1 Å². The lowest BCUT2D eigenvalue weighted by Gasteiger charge is -2.51. The van der Waals surface area contributed by atoms with E-state index in [-0.39, 0.29) is 5.04 Å². The van der Waals surface area contributed by atoms with Gasteiger partial charge in [-0.2, -0.15) is 5.26 Å². The van der Waals surface area contributed by atoms with E-state index in [4.69, 9.17) is 9.16 Å². The molecule has 1 aromatic carbocycles. The predicted octanol–water partition coefficient (Wildman–Crippen LogP) is 7.60. The molecule has 4 rings (SSSR count). The molecule has 0 saturated heterocycles. The maximum absolute atomic E-state index is 9.36. The van der Waals surface area contributed by atoms with E-state index in [1.165, 1.54) is 43.2 Å². The molecule has 0 N–H and O–H groups in total. The van der Waals surface area contributed by atoms with Crippen molar-refractivity contribution in [1.82, 2.24) is 0 Å². The average Bonchev–Trinajstić information content (AvgIpc) is 3.04. The molecule has 3 nitrogen and oxygen atoms in total. The normalized spacial score (nSPS) is 31.9. The lowest BCUT2D eigenvalue weighted by atomic mass is 9.54. The largest absolute Gasteiger partial charge is 0.543 e. The second kappa shape index (κ2) is 8.48. The minimum absolute atomic E-state index is 0.175. The molecule has 3 aliphatic rings. The highest BCUT2D eigenvalue weighted by atomic mass is 28.4. The Bertz CT molecular complexity index is 896. The van der Waals surface area contributed by atoms with E-state index >= 15 is 0 Å². The van der Waals surface area contributed by atoms with Crippen molar-refractivity contribution in [3.8, 4) is 11.8 Å². The topological polar surface area (TPSA) is 42.2 Å². The van der Waals surface area contributed by atoms with Gasteiger partial charge in [0.25, 0.3) is 0 Å². The zero-order chi connectivity index (χ0) is 23.3. The first-order valence-corrected chi connectivity index (χ1v) is 15.6. The maximum Gasteiger partial charge on any atom is 0.250 e. The van der Waals surface area contributed by atoms with Gasteiger partial charge in [0.2, 0.25) is 8.32 Å². The van der Waals surface area contributed by atoms with Crippen molar-refractivity contribution in [2.24, 2.45) is 23.2 Å². The van der Waals surface area contributed by atoms with E-state index in [1.807, 2.05) is 0 Å². The van der Waals surface area contributed by atoms with Crippen molar-refractivity contribution in [2.75, 3.05) is 7.11 Å². The molecule has 2 fully saturated rings. The fourth-order valence-corrected chi connectivity index (χ4v) is 8.04. The molecule has 2 saturated carbocycles. The highest BCUT2D eigenvalue weighted by Gasteiger charge is 2.54. The zero-order valence-corrected chi connectivity index (χ0v) is 22.4. The van der Waals surface area contributed by atoms with Crippen LogP contribution in [0.4, 0.5) is 0 Å². The van der Waals surface area contributed by atoms with Gasteiger partial charge in [0, 0.05) is 19.1 Å². The van der Waals surface area contributed by atoms with E-state index in [0.717, 1.165) is 30.4 Å². The molecular weight excluding hydrogens is 410 g/mol. The van der Waals surface area contributed by atoms with Crippen LogP contribution in [0.25, 0.3) is 0 Å². The molecule has 0 aliphatic heterocycles. The van der Waals surface area contributed by atoms with Gasteiger partial charge < -0.3 is 9.16 Å². The van der Waals surface area contributed by atoms with Crippen LogP contribution in [-0.2, 0) is 17.8 Å². The molecule has 1 aromatic rings. The predicted molar refractivity (Wildman–Crippen MR) is 133 cm³/mol. The molecule has 4 heteroatoms.